The molecular weight excluding hydrogens is 220 g/mol. The largest absolute Gasteiger partial charge is 0.369 e. The number of benzene rings is 1. The van der Waals surface area contributed by atoms with E-state index in [4.69, 9.17) is 11.6 Å². The fourth-order valence-electron chi connectivity index (χ4n) is 1.53. The molecule has 0 fully saturated rings. The van der Waals surface area contributed by atoms with Crippen molar-refractivity contribution in [1.82, 2.24) is 0 Å². The number of halogens is 3. The number of nitrogens with zero attached hydrogens (tertiary/aromatic N) is 1. The molecule has 0 atom stereocenters. The highest BCUT2D eigenvalue weighted by atomic mass is 35.5. The van der Waals surface area contributed by atoms with E-state index in [0.717, 1.165) is 16.8 Å². The standard InChI is InChI=1S/C11H14ClF2N/c1-8-5-9(6-12)3-4-10(8)15(2)7-11(13)14/h3-5,11H,6-7H2,1-2H3. The van der Waals surface area contributed by atoms with Gasteiger partial charge in [-0.15, -0.1) is 11.6 Å². The second-order valence-corrected chi connectivity index (χ2v) is 3.79. The van der Waals surface area contributed by atoms with E-state index in [1.165, 1.54) is 0 Å². The molecule has 84 valence electrons. The molecule has 0 aliphatic heterocycles. The Balaban J connectivity index is 2.85. The van der Waals surface area contributed by atoms with Crippen molar-refractivity contribution < 1.29 is 8.78 Å². The molecule has 0 aliphatic rings. The Hall–Kier alpha value is -0.830. The number of hydrogen-bond donors (Lipinski definition) is 0. The van der Waals surface area contributed by atoms with Gasteiger partial charge < -0.3 is 4.90 Å². The minimum Gasteiger partial charge on any atom is -0.369 e. The van der Waals surface area contributed by atoms with Crippen LogP contribution in [-0.2, 0) is 5.88 Å². The first-order chi connectivity index (χ1) is 7.04. The zero-order valence-corrected chi connectivity index (χ0v) is 9.56. The molecule has 0 N–H and O–H groups in total. The molecule has 1 nitrogen and oxygen atoms in total. The third-order valence-electron chi connectivity index (χ3n) is 2.24. The second kappa shape index (κ2) is 5.31. The van der Waals surface area contributed by atoms with Crippen molar-refractivity contribution in [3.63, 3.8) is 0 Å². The van der Waals surface area contributed by atoms with Gasteiger partial charge in [-0.1, -0.05) is 12.1 Å². The van der Waals surface area contributed by atoms with E-state index in [0.29, 0.717) is 5.88 Å². The first kappa shape index (κ1) is 12.2. The fourth-order valence-corrected chi connectivity index (χ4v) is 1.70. The zero-order valence-electron chi connectivity index (χ0n) is 8.80. The van der Waals surface area contributed by atoms with Crippen LogP contribution in [-0.4, -0.2) is 20.0 Å². The third-order valence-corrected chi connectivity index (χ3v) is 2.55. The second-order valence-electron chi connectivity index (χ2n) is 3.53. The van der Waals surface area contributed by atoms with Gasteiger partial charge in [0.2, 0.25) is 0 Å². The normalized spacial score (nSPS) is 10.8. The van der Waals surface area contributed by atoms with Crippen LogP contribution in [0.2, 0.25) is 0 Å². The third kappa shape index (κ3) is 3.34. The number of anilines is 1. The van der Waals surface area contributed by atoms with Crippen molar-refractivity contribution in [2.75, 3.05) is 18.5 Å². The van der Waals surface area contributed by atoms with Gasteiger partial charge in [-0.05, 0) is 24.1 Å². The topological polar surface area (TPSA) is 3.24 Å². The average molecular weight is 234 g/mol. The van der Waals surface area contributed by atoms with Crippen LogP contribution in [0.15, 0.2) is 18.2 Å². The minimum atomic E-state index is -2.32. The first-order valence-electron chi connectivity index (χ1n) is 4.69. The highest BCUT2D eigenvalue weighted by Gasteiger charge is 2.10. The van der Waals surface area contributed by atoms with E-state index >= 15 is 0 Å². The van der Waals surface area contributed by atoms with Gasteiger partial charge in [0.15, 0.2) is 0 Å². The van der Waals surface area contributed by atoms with Crippen molar-refractivity contribution in [2.24, 2.45) is 0 Å². The molecule has 0 saturated heterocycles. The van der Waals surface area contributed by atoms with Gasteiger partial charge in [0.1, 0.15) is 0 Å². The molecule has 0 saturated carbocycles. The van der Waals surface area contributed by atoms with Crippen LogP contribution in [0.3, 0.4) is 0 Å². The van der Waals surface area contributed by atoms with Crippen molar-refractivity contribution in [1.29, 1.82) is 0 Å². The molecule has 0 radical (unpaired) electrons. The molecule has 0 amide bonds. The van der Waals surface area contributed by atoms with Crippen LogP contribution >= 0.6 is 11.6 Å². The molecule has 0 unspecified atom stereocenters. The molecular formula is C11H14ClF2N. The molecule has 1 aromatic carbocycles. The average Bonchev–Trinajstić information content (AvgIpc) is 2.16. The SMILES string of the molecule is Cc1cc(CCl)ccc1N(C)CC(F)F. The lowest BCUT2D eigenvalue weighted by Gasteiger charge is -2.21. The Morgan fingerprint density at radius 2 is 2.07 bits per heavy atom. The van der Waals surface area contributed by atoms with Gasteiger partial charge >= 0.3 is 0 Å². The van der Waals surface area contributed by atoms with E-state index in [2.05, 4.69) is 0 Å². The minimum absolute atomic E-state index is 0.249. The molecule has 1 rings (SSSR count). The van der Waals surface area contributed by atoms with Crippen LogP contribution in [0.25, 0.3) is 0 Å². The Kier molecular flexibility index (Phi) is 4.33. The zero-order chi connectivity index (χ0) is 11.4. The number of rotatable bonds is 4. The maximum Gasteiger partial charge on any atom is 0.255 e. The van der Waals surface area contributed by atoms with Crippen LogP contribution in [0.4, 0.5) is 14.5 Å². The fraction of sp³-hybridized carbons (Fsp3) is 0.455. The Bertz CT molecular complexity index is 328. The summed E-state index contributed by atoms with van der Waals surface area (Å²) in [4.78, 5) is 1.55. The molecule has 4 heteroatoms. The molecule has 1 aromatic rings. The maximum absolute atomic E-state index is 12.2. The van der Waals surface area contributed by atoms with E-state index in [1.54, 1.807) is 11.9 Å². The lowest BCUT2D eigenvalue weighted by Crippen LogP contribution is -2.24. The van der Waals surface area contributed by atoms with Crippen LogP contribution in [0.5, 0.6) is 0 Å². The Morgan fingerprint density at radius 1 is 1.40 bits per heavy atom. The molecule has 0 spiro atoms. The smallest absolute Gasteiger partial charge is 0.255 e. The summed E-state index contributed by atoms with van der Waals surface area (Å²) in [6.45, 7) is 1.65. The predicted octanol–water partition coefficient (Wildman–Crippen LogP) is 3.44. The van der Waals surface area contributed by atoms with Crippen LogP contribution < -0.4 is 4.90 Å². The summed E-state index contributed by atoms with van der Waals surface area (Å²) in [6, 6.07) is 5.61. The van der Waals surface area contributed by atoms with Gasteiger partial charge in [0, 0.05) is 18.6 Å². The quantitative estimate of drug-likeness (QED) is 0.721. The van der Waals surface area contributed by atoms with Crippen molar-refractivity contribution in [3.05, 3.63) is 29.3 Å². The van der Waals surface area contributed by atoms with E-state index < -0.39 is 6.43 Å². The molecule has 0 aromatic heterocycles. The van der Waals surface area contributed by atoms with Crippen molar-refractivity contribution >= 4 is 17.3 Å². The highest BCUT2D eigenvalue weighted by molar-refractivity contribution is 6.17. The Morgan fingerprint density at radius 3 is 2.53 bits per heavy atom. The van der Waals surface area contributed by atoms with Crippen LogP contribution in [0.1, 0.15) is 11.1 Å². The summed E-state index contributed by atoms with van der Waals surface area (Å²) in [5.74, 6) is 0.444. The first-order valence-corrected chi connectivity index (χ1v) is 5.23. The van der Waals surface area contributed by atoms with Gasteiger partial charge in [-0.3, -0.25) is 0 Å². The van der Waals surface area contributed by atoms with Crippen molar-refractivity contribution in [2.45, 2.75) is 19.2 Å². The predicted molar refractivity (Wildman–Crippen MR) is 60.0 cm³/mol. The number of aryl methyl sites for hydroxylation is 1. The summed E-state index contributed by atoms with van der Waals surface area (Å²) in [7, 11) is 1.66. The molecule has 0 heterocycles. The van der Waals surface area contributed by atoms with E-state index in [9.17, 15) is 8.78 Å². The maximum atomic E-state index is 12.2. The van der Waals surface area contributed by atoms with Crippen LogP contribution in [0, 0.1) is 6.92 Å². The van der Waals surface area contributed by atoms with Gasteiger partial charge in [-0.2, -0.15) is 0 Å². The molecule has 0 aliphatic carbocycles. The van der Waals surface area contributed by atoms with Crippen molar-refractivity contribution in [3.8, 4) is 0 Å². The number of alkyl halides is 3. The Labute approximate surface area is 93.7 Å². The highest BCUT2D eigenvalue weighted by Crippen LogP contribution is 2.21. The lowest BCUT2D eigenvalue weighted by atomic mass is 10.1. The molecule has 0 bridgehead atoms. The monoisotopic (exact) mass is 233 g/mol. The van der Waals surface area contributed by atoms with E-state index in [-0.39, 0.29) is 6.54 Å². The van der Waals surface area contributed by atoms with E-state index in [1.807, 2.05) is 25.1 Å². The molecule has 15 heavy (non-hydrogen) atoms. The summed E-state index contributed by atoms with van der Waals surface area (Å²) >= 11 is 5.68. The number of hydrogen-bond acceptors (Lipinski definition) is 1. The summed E-state index contributed by atoms with van der Waals surface area (Å²) in [5, 5.41) is 0. The summed E-state index contributed by atoms with van der Waals surface area (Å²) in [5.41, 5.74) is 2.80. The summed E-state index contributed by atoms with van der Waals surface area (Å²) < 4.78 is 24.4. The van der Waals surface area contributed by atoms with Gasteiger partial charge in [0.25, 0.3) is 6.43 Å². The van der Waals surface area contributed by atoms with Gasteiger partial charge in [-0.25, -0.2) is 8.78 Å². The van der Waals surface area contributed by atoms with Gasteiger partial charge in [0.05, 0.1) is 6.54 Å². The lowest BCUT2D eigenvalue weighted by molar-refractivity contribution is 0.156. The summed E-state index contributed by atoms with van der Waals surface area (Å²) in [6.07, 6.45) is -2.32.